The molecule has 2 fully saturated rings. The largest absolute Gasteiger partial charge is 0.382 e. The summed E-state index contributed by atoms with van der Waals surface area (Å²) < 4.78 is 11.6. The van der Waals surface area contributed by atoms with E-state index in [-0.39, 0.29) is 6.10 Å². The molecule has 1 atom stereocenters. The van der Waals surface area contributed by atoms with Crippen molar-refractivity contribution in [3.05, 3.63) is 34.9 Å². The van der Waals surface area contributed by atoms with Gasteiger partial charge in [-0.05, 0) is 56.6 Å². The molecule has 5 heteroatoms. The second-order valence-electron chi connectivity index (χ2n) is 8.01. The number of hydrogen-bond donors (Lipinski definition) is 1. The van der Waals surface area contributed by atoms with Crippen molar-refractivity contribution in [3.63, 3.8) is 0 Å². The van der Waals surface area contributed by atoms with Crippen LogP contribution >= 0.6 is 0 Å². The molecule has 27 heavy (non-hydrogen) atoms. The van der Waals surface area contributed by atoms with Gasteiger partial charge in [-0.3, -0.25) is 4.99 Å². The maximum absolute atomic E-state index is 6.09. The quantitative estimate of drug-likeness (QED) is 0.452. The molecule has 1 aliphatic carbocycles. The fourth-order valence-electron chi connectivity index (χ4n) is 3.94. The Bertz CT molecular complexity index is 655. The highest BCUT2D eigenvalue weighted by Gasteiger charge is 2.42. The van der Waals surface area contributed by atoms with Crippen molar-refractivity contribution in [1.29, 1.82) is 0 Å². The third-order valence-corrected chi connectivity index (χ3v) is 5.91. The van der Waals surface area contributed by atoms with Crippen molar-refractivity contribution in [2.75, 3.05) is 46.5 Å². The first kappa shape index (κ1) is 20.2. The molecule has 1 heterocycles. The summed E-state index contributed by atoms with van der Waals surface area (Å²) in [6.45, 7) is 11.5. The first-order valence-electron chi connectivity index (χ1n) is 10.3. The van der Waals surface area contributed by atoms with Gasteiger partial charge < -0.3 is 19.7 Å². The molecule has 150 valence electrons. The number of aryl methyl sites for hydroxylation is 2. The lowest BCUT2D eigenvalue weighted by Gasteiger charge is -2.36. The van der Waals surface area contributed by atoms with Gasteiger partial charge in [0, 0.05) is 33.4 Å². The number of ether oxygens (including phenoxy) is 2. The van der Waals surface area contributed by atoms with Crippen molar-refractivity contribution in [2.24, 2.45) is 10.4 Å². The van der Waals surface area contributed by atoms with E-state index < -0.39 is 0 Å². The lowest BCUT2D eigenvalue weighted by Crippen LogP contribution is -2.49. The monoisotopic (exact) mass is 373 g/mol. The Balaban J connectivity index is 1.57. The highest BCUT2D eigenvalue weighted by molar-refractivity contribution is 5.80. The van der Waals surface area contributed by atoms with Crippen LogP contribution in [0.5, 0.6) is 0 Å². The summed E-state index contributed by atoms with van der Waals surface area (Å²) in [5.41, 5.74) is 4.29. The summed E-state index contributed by atoms with van der Waals surface area (Å²) in [6.07, 6.45) is 3.82. The topological polar surface area (TPSA) is 46.1 Å². The van der Waals surface area contributed by atoms with Gasteiger partial charge in [0.05, 0.1) is 13.2 Å². The van der Waals surface area contributed by atoms with Crippen LogP contribution in [-0.4, -0.2) is 57.4 Å². The Hall–Kier alpha value is -1.59. The molecule has 3 rings (SSSR count). The first-order chi connectivity index (χ1) is 13.1. The van der Waals surface area contributed by atoms with Crippen LogP contribution in [0, 0.1) is 19.3 Å². The molecule has 5 nitrogen and oxygen atoms in total. The summed E-state index contributed by atoms with van der Waals surface area (Å²) in [5, 5.41) is 3.63. The predicted octanol–water partition coefficient (Wildman–Crippen LogP) is 3.46. The van der Waals surface area contributed by atoms with E-state index in [1.807, 2.05) is 7.05 Å². The molecule has 1 aromatic carbocycles. The van der Waals surface area contributed by atoms with E-state index in [9.17, 15) is 0 Å². The van der Waals surface area contributed by atoms with Crippen LogP contribution in [0.1, 0.15) is 49.0 Å². The molecule has 1 saturated carbocycles. The predicted molar refractivity (Wildman–Crippen MR) is 110 cm³/mol. The second kappa shape index (κ2) is 9.07. The Morgan fingerprint density at radius 2 is 2.19 bits per heavy atom. The van der Waals surface area contributed by atoms with E-state index in [4.69, 9.17) is 9.47 Å². The van der Waals surface area contributed by atoms with Crippen molar-refractivity contribution >= 4 is 5.96 Å². The molecule has 1 aromatic rings. The van der Waals surface area contributed by atoms with E-state index in [2.05, 4.69) is 54.2 Å². The molecule has 0 bridgehead atoms. The molecule has 0 radical (unpaired) electrons. The maximum Gasteiger partial charge on any atom is 0.193 e. The number of nitrogens with one attached hydrogen (secondary N) is 1. The summed E-state index contributed by atoms with van der Waals surface area (Å²) in [6, 6.07) is 6.62. The fraction of sp³-hybridized carbons (Fsp3) is 0.682. The van der Waals surface area contributed by atoms with Crippen LogP contribution in [0.25, 0.3) is 0 Å². The molecule has 1 N–H and O–H groups in total. The van der Waals surface area contributed by atoms with E-state index in [0.29, 0.717) is 5.41 Å². The lowest BCUT2D eigenvalue weighted by atomic mass is 10.00. The van der Waals surface area contributed by atoms with Gasteiger partial charge in [0.2, 0.25) is 0 Å². The van der Waals surface area contributed by atoms with Gasteiger partial charge in [0.1, 0.15) is 6.10 Å². The van der Waals surface area contributed by atoms with Gasteiger partial charge in [0.25, 0.3) is 0 Å². The fourth-order valence-corrected chi connectivity index (χ4v) is 3.94. The smallest absolute Gasteiger partial charge is 0.193 e. The van der Waals surface area contributed by atoms with Gasteiger partial charge in [-0.25, -0.2) is 0 Å². The van der Waals surface area contributed by atoms with Gasteiger partial charge in [0.15, 0.2) is 5.96 Å². The van der Waals surface area contributed by atoms with Crippen molar-refractivity contribution in [3.8, 4) is 0 Å². The first-order valence-corrected chi connectivity index (χ1v) is 10.3. The minimum atomic E-state index is 0.103. The van der Waals surface area contributed by atoms with E-state index in [1.54, 1.807) is 0 Å². The van der Waals surface area contributed by atoms with E-state index in [0.717, 1.165) is 51.8 Å². The van der Waals surface area contributed by atoms with Gasteiger partial charge in [-0.15, -0.1) is 0 Å². The number of hydrogen-bond acceptors (Lipinski definition) is 3. The molecular formula is C22H35N3O2. The maximum atomic E-state index is 6.09. The SMILES string of the molecule is CCOCCC1(CNC(=NC)N2CCOC(c3ccc(C)cc3C)C2)CC1. The summed E-state index contributed by atoms with van der Waals surface area (Å²) in [4.78, 5) is 6.89. The Morgan fingerprint density at radius 3 is 2.85 bits per heavy atom. The van der Waals surface area contributed by atoms with Gasteiger partial charge in [-0.2, -0.15) is 0 Å². The molecule has 1 aliphatic heterocycles. The minimum Gasteiger partial charge on any atom is -0.382 e. The third-order valence-electron chi connectivity index (χ3n) is 5.91. The van der Waals surface area contributed by atoms with E-state index >= 15 is 0 Å². The number of nitrogens with zero attached hydrogens (tertiary/aromatic N) is 2. The number of morpholine rings is 1. The zero-order valence-electron chi connectivity index (χ0n) is 17.4. The molecular weight excluding hydrogens is 338 g/mol. The highest BCUT2D eigenvalue weighted by Crippen LogP contribution is 2.48. The molecule has 1 unspecified atom stereocenters. The normalized spacial score (nSPS) is 22.0. The van der Waals surface area contributed by atoms with E-state index in [1.165, 1.54) is 29.5 Å². The molecule has 0 aromatic heterocycles. The Labute approximate surface area is 164 Å². The summed E-state index contributed by atoms with van der Waals surface area (Å²) >= 11 is 0. The average molecular weight is 374 g/mol. The van der Waals surface area contributed by atoms with Crippen LogP contribution in [0.4, 0.5) is 0 Å². The summed E-state index contributed by atoms with van der Waals surface area (Å²) in [5.74, 6) is 0.996. The average Bonchev–Trinajstić information content (AvgIpc) is 3.43. The standard InChI is InChI=1S/C22H35N3O2/c1-5-26-12-10-22(8-9-22)16-24-21(23-4)25-11-13-27-20(15-25)19-7-6-17(2)14-18(19)3/h6-7,14,20H,5,8-13,15-16H2,1-4H3,(H,23,24). The van der Waals surface area contributed by atoms with Gasteiger partial charge in [-0.1, -0.05) is 23.8 Å². The third kappa shape index (κ3) is 5.23. The number of guanidine groups is 1. The molecule has 2 aliphatic rings. The number of rotatable bonds is 7. The van der Waals surface area contributed by atoms with Crippen molar-refractivity contribution in [1.82, 2.24) is 10.2 Å². The molecule has 1 saturated heterocycles. The highest BCUT2D eigenvalue weighted by atomic mass is 16.5. The molecule has 0 spiro atoms. The van der Waals surface area contributed by atoms with Crippen molar-refractivity contribution < 1.29 is 9.47 Å². The minimum absolute atomic E-state index is 0.103. The Kier molecular flexibility index (Phi) is 6.77. The zero-order valence-corrected chi connectivity index (χ0v) is 17.4. The summed E-state index contributed by atoms with van der Waals surface area (Å²) in [7, 11) is 1.88. The van der Waals surface area contributed by atoms with Crippen LogP contribution in [-0.2, 0) is 9.47 Å². The van der Waals surface area contributed by atoms with Crippen LogP contribution in [0.2, 0.25) is 0 Å². The van der Waals surface area contributed by atoms with Crippen LogP contribution < -0.4 is 5.32 Å². The lowest BCUT2D eigenvalue weighted by molar-refractivity contribution is -0.00841. The van der Waals surface area contributed by atoms with Crippen LogP contribution in [0.3, 0.4) is 0 Å². The second-order valence-corrected chi connectivity index (χ2v) is 8.01. The van der Waals surface area contributed by atoms with Crippen LogP contribution in [0.15, 0.2) is 23.2 Å². The molecule has 0 amide bonds. The zero-order chi connectivity index (χ0) is 19.3. The van der Waals surface area contributed by atoms with Gasteiger partial charge >= 0.3 is 0 Å². The van der Waals surface area contributed by atoms with Crippen molar-refractivity contribution in [2.45, 2.75) is 46.1 Å². The number of benzene rings is 1. The Morgan fingerprint density at radius 1 is 1.37 bits per heavy atom. The number of aliphatic imine (C=N–C) groups is 1.